The highest BCUT2D eigenvalue weighted by Gasteiger charge is 2.08. The molecule has 0 aliphatic rings. The molecule has 6 heteroatoms. The molecule has 1 aromatic heterocycles. The van der Waals surface area contributed by atoms with E-state index in [1.165, 1.54) is 12.1 Å². The Morgan fingerprint density at radius 2 is 2.00 bits per heavy atom. The van der Waals surface area contributed by atoms with E-state index in [1.54, 1.807) is 25.1 Å². The van der Waals surface area contributed by atoms with Gasteiger partial charge >= 0.3 is 5.97 Å². The first-order valence-corrected chi connectivity index (χ1v) is 6.15. The lowest BCUT2D eigenvalue weighted by atomic mass is 10.2. The Kier molecular flexibility index (Phi) is 3.93. The van der Waals surface area contributed by atoms with Crippen LogP contribution >= 0.6 is 23.2 Å². The predicted molar refractivity (Wildman–Crippen MR) is 75.7 cm³/mol. The van der Waals surface area contributed by atoms with Crippen molar-refractivity contribution in [2.45, 2.75) is 6.92 Å². The summed E-state index contributed by atoms with van der Waals surface area (Å²) < 4.78 is 0. The lowest BCUT2D eigenvalue weighted by Crippen LogP contribution is -2.02. The fourth-order valence-corrected chi connectivity index (χ4v) is 1.92. The number of carboxylic acid groups (broad SMARTS) is 1. The average molecular weight is 297 g/mol. The summed E-state index contributed by atoms with van der Waals surface area (Å²) in [4.78, 5) is 15.2. The maximum atomic E-state index is 11.0. The molecule has 0 saturated heterocycles. The van der Waals surface area contributed by atoms with Gasteiger partial charge in [-0.1, -0.05) is 23.2 Å². The highest BCUT2D eigenvalue weighted by Crippen LogP contribution is 2.28. The summed E-state index contributed by atoms with van der Waals surface area (Å²) in [6.07, 6.45) is 0. The second-order valence-electron chi connectivity index (χ2n) is 3.94. The summed E-state index contributed by atoms with van der Waals surface area (Å²) in [5.74, 6) is -0.604. The Hall–Kier alpha value is -1.78. The van der Waals surface area contributed by atoms with Crippen molar-refractivity contribution in [1.82, 2.24) is 4.98 Å². The van der Waals surface area contributed by atoms with Crippen LogP contribution in [-0.4, -0.2) is 16.1 Å². The molecule has 4 nitrogen and oxygen atoms in total. The van der Waals surface area contributed by atoms with Crippen LogP contribution in [0.5, 0.6) is 0 Å². The SMILES string of the molecule is Cc1cc(C(=O)O)cc(Nc2cc(Cl)ccc2Cl)n1. The Balaban J connectivity index is 2.38. The lowest BCUT2D eigenvalue weighted by Gasteiger charge is -2.09. The highest BCUT2D eigenvalue weighted by atomic mass is 35.5. The molecule has 0 saturated carbocycles. The fraction of sp³-hybridized carbons (Fsp3) is 0.0769. The molecule has 0 bridgehead atoms. The smallest absolute Gasteiger partial charge is 0.335 e. The number of aryl methyl sites for hydroxylation is 1. The van der Waals surface area contributed by atoms with Crippen LogP contribution in [-0.2, 0) is 0 Å². The van der Waals surface area contributed by atoms with Gasteiger partial charge in [-0.25, -0.2) is 9.78 Å². The molecule has 19 heavy (non-hydrogen) atoms. The Morgan fingerprint density at radius 3 is 2.68 bits per heavy atom. The van der Waals surface area contributed by atoms with Crippen molar-refractivity contribution >= 4 is 40.7 Å². The minimum absolute atomic E-state index is 0.160. The number of nitrogens with zero attached hydrogens (tertiary/aromatic N) is 1. The van der Waals surface area contributed by atoms with Crippen molar-refractivity contribution in [2.24, 2.45) is 0 Å². The van der Waals surface area contributed by atoms with E-state index in [2.05, 4.69) is 10.3 Å². The van der Waals surface area contributed by atoms with Crippen LogP contribution in [0.15, 0.2) is 30.3 Å². The summed E-state index contributed by atoms with van der Waals surface area (Å²) in [7, 11) is 0. The van der Waals surface area contributed by atoms with Gasteiger partial charge in [-0.05, 0) is 37.3 Å². The fourth-order valence-electron chi connectivity index (χ4n) is 1.59. The molecule has 0 aliphatic carbocycles. The van der Waals surface area contributed by atoms with Gasteiger partial charge in [0.05, 0.1) is 16.3 Å². The molecule has 2 rings (SSSR count). The van der Waals surface area contributed by atoms with E-state index < -0.39 is 5.97 Å². The first-order valence-electron chi connectivity index (χ1n) is 5.40. The van der Waals surface area contributed by atoms with Gasteiger partial charge in [-0.2, -0.15) is 0 Å². The van der Waals surface area contributed by atoms with Crippen molar-refractivity contribution in [3.8, 4) is 0 Å². The minimum Gasteiger partial charge on any atom is -0.478 e. The molecule has 0 spiro atoms. The molecule has 98 valence electrons. The van der Waals surface area contributed by atoms with E-state index in [0.717, 1.165) is 0 Å². The van der Waals surface area contributed by atoms with Gasteiger partial charge in [0, 0.05) is 10.7 Å². The number of benzene rings is 1. The molecule has 0 fully saturated rings. The number of nitrogens with one attached hydrogen (secondary N) is 1. The van der Waals surface area contributed by atoms with E-state index in [4.69, 9.17) is 28.3 Å². The van der Waals surface area contributed by atoms with Gasteiger partial charge in [0.2, 0.25) is 0 Å². The quantitative estimate of drug-likeness (QED) is 0.893. The molecule has 2 N–H and O–H groups in total. The summed E-state index contributed by atoms with van der Waals surface area (Å²) in [5.41, 5.74) is 1.33. The second kappa shape index (κ2) is 5.47. The standard InChI is InChI=1S/C13H10Cl2N2O2/c1-7-4-8(13(18)19)5-12(16-7)17-11-6-9(14)2-3-10(11)15/h2-6H,1H3,(H,16,17)(H,18,19). The van der Waals surface area contributed by atoms with E-state index >= 15 is 0 Å². The Morgan fingerprint density at radius 1 is 1.26 bits per heavy atom. The zero-order valence-corrected chi connectivity index (χ0v) is 11.5. The maximum Gasteiger partial charge on any atom is 0.335 e. The second-order valence-corrected chi connectivity index (χ2v) is 4.78. The van der Waals surface area contributed by atoms with E-state index in [1.807, 2.05) is 0 Å². The Bertz CT molecular complexity index is 645. The molecule has 1 heterocycles. The van der Waals surface area contributed by atoms with Crippen LogP contribution in [0.3, 0.4) is 0 Å². The van der Waals surface area contributed by atoms with Crippen molar-refractivity contribution in [2.75, 3.05) is 5.32 Å². The van der Waals surface area contributed by atoms with Gasteiger partial charge in [-0.3, -0.25) is 0 Å². The van der Waals surface area contributed by atoms with Crippen LogP contribution in [0.25, 0.3) is 0 Å². The third-order valence-corrected chi connectivity index (χ3v) is 2.96. The summed E-state index contributed by atoms with van der Waals surface area (Å²) in [5, 5.41) is 13.0. The number of carboxylic acids is 1. The van der Waals surface area contributed by atoms with Crippen molar-refractivity contribution in [3.63, 3.8) is 0 Å². The summed E-state index contributed by atoms with van der Waals surface area (Å²) in [6, 6.07) is 7.90. The molecular formula is C13H10Cl2N2O2. The number of hydrogen-bond donors (Lipinski definition) is 2. The molecule has 1 aromatic carbocycles. The predicted octanol–water partition coefficient (Wildman–Crippen LogP) is 4.14. The van der Waals surface area contributed by atoms with Crippen LogP contribution in [0.1, 0.15) is 16.1 Å². The highest BCUT2D eigenvalue weighted by molar-refractivity contribution is 6.35. The third kappa shape index (κ3) is 3.36. The molecule has 0 atom stereocenters. The number of halogens is 2. The molecule has 2 aromatic rings. The number of aromatic nitrogens is 1. The number of anilines is 2. The van der Waals surface area contributed by atoms with E-state index in [9.17, 15) is 4.79 Å². The number of rotatable bonds is 3. The number of carbonyl (C=O) groups is 1. The maximum absolute atomic E-state index is 11.0. The van der Waals surface area contributed by atoms with E-state index in [-0.39, 0.29) is 5.56 Å². The zero-order valence-electron chi connectivity index (χ0n) is 9.95. The van der Waals surface area contributed by atoms with Crippen LogP contribution in [0.2, 0.25) is 10.0 Å². The van der Waals surface area contributed by atoms with Crippen molar-refractivity contribution < 1.29 is 9.90 Å². The van der Waals surface area contributed by atoms with Gasteiger partial charge in [0.1, 0.15) is 5.82 Å². The number of aromatic carboxylic acids is 1. The number of hydrogen-bond acceptors (Lipinski definition) is 3. The van der Waals surface area contributed by atoms with Gasteiger partial charge in [0.25, 0.3) is 0 Å². The summed E-state index contributed by atoms with van der Waals surface area (Å²) in [6.45, 7) is 1.72. The molecular weight excluding hydrogens is 287 g/mol. The average Bonchev–Trinajstić information content (AvgIpc) is 2.33. The van der Waals surface area contributed by atoms with E-state index in [0.29, 0.717) is 27.2 Å². The molecule has 0 amide bonds. The first-order chi connectivity index (χ1) is 8.95. The Labute approximate surface area is 120 Å². The molecule has 0 aliphatic heterocycles. The zero-order chi connectivity index (χ0) is 14.0. The van der Waals surface area contributed by atoms with Gasteiger partial charge < -0.3 is 10.4 Å². The monoisotopic (exact) mass is 296 g/mol. The van der Waals surface area contributed by atoms with Crippen LogP contribution < -0.4 is 5.32 Å². The molecule has 0 radical (unpaired) electrons. The largest absolute Gasteiger partial charge is 0.478 e. The number of pyridine rings is 1. The van der Waals surface area contributed by atoms with Crippen molar-refractivity contribution in [1.29, 1.82) is 0 Å². The van der Waals surface area contributed by atoms with Crippen LogP contribution in [0.4, 0.5) is 11.5 Å². The third-order valence-electron chi connectivity index (χ3n) is 2.39. The first kappa shape index (κ1) is 13.6. The summed E-state index contributed by atoms with van der Waals surface area (Å²) >= 11 is 11.9. The topological polar surface area (TPSA) is 62.2 Å². The van der Waals surface area contributed by atoms with Gasteiger partial charge in [-0.15, -0.1) is 0 Å². The molecule has 0 unspecified atom stereocenters. The lowest BCUT2D eigenvalue weighted by molar-refractivity contribution is 0.0696. The normalized spacial score (nSPS) is 10.3. The van der Waals surface area contributed by atoms with Gasteiger partial charge in [0.15, 0.2) is 0 Å². The van der Waals surface area contributed by atoms with Crippen molar-refractivity contribution in [3.05, 3.63) is 51.6 Å². The minimum atomic E-state index is -1.01. The van der Waals surface area contributed by atoms with Crippen LogP contribution in [0, 0.1) is 6.92 Å².